The van der Waals surface area contributed by atoms with Crippen LogP contribution in [0.5, 0.6) is 0 Å². The van der Waals surface area contributed by atoms with Gasteiger partial charge in [-0.1, -0.05) is 52.3 Å². The number of hydrogen-bond acceptors (Lipinski definition) is 7. The van der Waals surface area contributed by atoms with Crippen LogP contribution in [0.1, 0.15) is 0 Å². The number of pyridine rings is 3. The minimum absolute atomic E-state index is 0. The van der Waals surface area contributed by atoms with E-state index in [0.29, 0.717) is 34.9 Å². The molecule has 0 saturated carbocycles. The van der Waals surface area contributed by atoms with Crippen molar-refractivity contribution in [2.75, 3.05) is 19.6 Å². The van der Waals surface area contributed by atoms with Crippen LogP contribution in [0.15, 0.2) is 109 Å². The maximum atomic E-state index is 5.17. The Labute approximate surface area is 250 Å². The first-order chi connectivity index (χ1) is 19.8. The second kappa shape index (κ2) is 8.99. The Morgan fingerprint density at radius 3 is 0.805 bits per heavy atom. The van der Waals surface area contributed by atoms with Gasteiger partial charge in [-0.15, -0.1) is 54.6 Å². The van der Waals surface area contributed by atoms with Crippen LogP contribution in [0, 0.1) is 18.2 Å². The van der Waals surface area contributed by atoms with Crippen LogP contribution in [0.25, 0.3) is 0 Å². The van der Waals surface area contributed by atoms with Gasteiger partial charge in [0.15, 0.2) is 0 Å². The molecule has 4 aliphatic heterocycles. The van der Waals surface area contributed by atoms with Gasteiger partial charge in [0.25, 0.3) is 0 Å². The Balaban J connectivity index is 0.00000256. The molecule has 10 rings (SSSR count). The van der Waals surface area contributed by atoms with E-state index in [9.17, 15) is 0 Å². The smallest absolute Gasteiger partial charge is 0.382 e. The molecule has 3 aromatic heterocycles. The molecule has 7 heterocycles. The molecule has 4 aliphatic rings. The van der Waals surface area contributed by atoms with Crippen LogP contribution in [0.4, 0.5) is 69.0 Å². The number of rotatable bonds is 0. The predicted molar refractivity (Wildman–Crippen MR) is 156 cm³/mol. The van der Waals surface area contributed by atoms with Crippen molar-refractivity contribution in [2.24, 2.45) is 0 Å². The predicted octanol–water partition coefficient (Wildman–Crippen LogP) is 8.09. The second-order valence-electron chi connectivity index (χ2n) is 9.67. The summed E-state index contributed by atoms with van der Waals surface area (Å²) in [5.41, 5.74) is 5.00. The number of benzene rings is 3. The van der Waals surface area contributed by atoms with Crippen molar-refractivity contribution in [3.8, 4) is 0 Å². The Bertz CT molecular complexity index is 1490. The van der Waals surface area contributed by atoms with Crippen molar-refractivity contribution in [1.29, 1.82) is 0 Å². The summed E-state index contributed by atoms with van der Waals surface area (Å²) in [5, 5.41) is 0. The monoisotopic (exact) mass is 705 g/mol. The van der Waals surface area contributed by atoms with Crippen LogP contribution in [-0.4, -0.2) is 15.0 Å². The van der Waals surface area contributed by atoms with E-state index in [-0.39, 0.29) is 20.1 Å². The third-order valence-electron chi connectivity index (χ3n) is 7.27. The van der Waals surface area contributed by atoms with E-state index < -0.39 is 0 Å². The summed E-state index contributed by atoms with van der Waals surface area (Å²) in [7, 11) is 0. The van der Waals surface area contributed by atoms with Gasteiger partial charge >= 0.3 is 20.1 Å². The summed E-state index contributed by atoms with van der Waals surface area (Å²) in [6.45, 7) is 0. The maximum Gasteiger partial charge on any atom is 3.00 e. The van der Waals surface area contributed by atoms with Crippen LogP contribution < -0.4 is 19.6 Å². The van der Waals surface area contributed by atoms with E-state index in [2.05, 4.69) is 41.3 Å². The molecule has 0 fully saturated rings. The Hall–Kier alpha value is -5.04. The average molecular weight is 705 g/mol. The topological polar surface area (TPSA) is 51.6 Å². The minimum atomic E-state index is 0. The van der Waals surface area contributed by atoms with Crippen LogP contribution in [0.2, 0.25) is 0 Å². The van der Waals surface area contributed by atoms with E-state index in [0.717, 1.165) is 34.1 Å². The summed E-state index contributed by atoms with van der Waals surface area (Å²) in [6, 6.07) is 47.4. The van der Waals surface area contributed by atoms with E-state index in [1.807, 2.05) is 106 Å². The molecule has 7 nitrogen and oxygen atoms in total. The number of hydrogen-bond donors (Lipinski definition) is 0. The average Bonchev–Trinajstić information content (AvgIpc) is 2.98. The molecule has 3 aromatic carbocycles. The van der Waals surface area contributed by atoms with Gasteiger partial charge in [0, 0.05) is 0 Å². The van der Waals surface area contributed by atoms with Crippen molar-refractivity contribution in [3.63, 3.8) is 0 Å². The number of aromatic nitrogens is 3. The molecule has 0 amide bonds. The van der Waals surface area contributed by atoms with Gasteiger partial charge in [-0.25, -0.2) is 15.0 Å². The molecule has 16 bridgehead atoms. The van der Waals surface area contributed by atoms with E-state index in [4.69, 9.17) is 15.0 Å². The normalized spacial score (nSPS) is 13.5. The van der Waals surface area contributed by atoms with Gasteiger partial charge in [-0.05, 0) is 36.4 Å². The Morgan fingerprint density at radius 1 is 0.317 bits per heavy atom. The van der Waals surface area contributed by atoms with Crippen LogP contribution >= 0.6 is 0 Å². The zero-order valence-corrected chi connectivity index (χ0v) is 23.8. The fourth-order valence-corrected chi connectivity index (χ4v) is 5.58. The first-order valence-corrected chi connectivity index (χ1v) is 13.0. The first kappa shape index (κ1) is 23.8. The van der Waals surface area contributed by atoms with E-state index in [1.54, 1.807) is 0 Å². The summed E-state index contributed by atoms with van der Waals surface area (Å²) >= 11 is 0. The zero-order chi connectivity index (χ0) is 26.2. The first-order valence-electron chi connectivity index (χ1n) is 13.0. The van der Waals surface area contributed by atoms with E-state index >= 15 is 0 Å². The molecule has 0 unspecified atom stereocenters. The molecular formula is C33H18IrN7. The number of nitrogens with zero attached hydrogens (tertiary/aromatic N) is 7. The third kappa shape index (κ3) is 3.58. The largest absolute Gasteiger partial charge is 3.00 e. The summed E-state index contributed by atoms with van der Waals surface area (Å²) in [4.78, 5) is 23.8. The molecule has 0 atom stereocenters. The molecule has 6 aromatic rings. The van der Waals surface area contributed by atoms with Crippen molar-refractivity contribution in [1.82, 2.24) is 15.0 Å². The van der Waals surface area contributed by atoms with Gasteiger partial charge in [-0.3, -0.25) is 0 Å². The van der Waals surface area contributed by atoms with Crippen LogP contribution in [0.3, 0.4) is 0 Å². The van der Waals surface area contributed by atoms with Gasteiger partial charge in [0.05, 0.1) is 0 Å². The molecule has 0 aliphatic carbocycles. The maximum absolute atomic E-state index is 5.17. The molecule has 194 valence electrons. The second-order valence-corrected chi connectivity index (χ2v) is 9.67. The molecular weight excluding hydrogens is 687 g/mol. The summed E-state index contributed by atoms with van der Waals surface area (Å²) in [5.74, 6) is 4.30. The van der Waals surface area contributed by atoms with Gasteiger partial charge < -0.3 is 19.6 Å². The van der Waals surface area contributed by atoms with Gasteiger partial charge in [0.1, 0.15) is 34.9 Å². The standard InChI is InChI=1S/C33H18N7.Ir/c1-7-22-19-25(10-1)38-28-13-4-15-30(34-28)39-26-11-2-8-23(20-26)37(22)24-9-3-12-27(21-24)40(31-16-5-14-29(38)35-31)33-18-6-17-32(39)36-33;/h1-18H;/q-3;+3. The fraction of sp³-hybridized carbons (Fsp3) is 0. The molecule has 0 N–H and O–H groups in total. The quantitative estimate of drug-likeness (QED) is 0.148. The molecule has 8 heteroatoms. The van der Waals surface area contributed by atoms with Gasteiger partial charge in [0.2, 0.25) is 0 Å². The Morgan fingerprint density at radius 2 is 0.537 bits per heavy atom. The minimum Gasteiger partial charge on any atom is -0.382 e. The molecule has 0 spiro atoms. The molecule has 41 heavy (non-hydrogen) atoms. The fourth-order valence-electron chi connectivity index (χ4n) is 5.58. The Kier molecular flexibility index (Phi) is 5.22. The molecule has 0 saturated heterocycles. The summed E-state index contributed by atoms with van der Waals surface area (Å²) in [6.07, 6.45) is 0. The SMILES string of the molecule is [Ir+3].[c-]1c2cccc1N1c3cccc(n3)N3c4[c-]c(ccc4)N2c2[c-]c(ccc2)N(c2cccc1n2)c1cccc3n1. The van der Waals surface area contributed by atoms with E-state index in [1.165, 1.54) is 0 Å². The van der Waals surface area contributed by atoms with Crippen molar-refractivity contribution in [2.45, 2.75) is 0 Å². The van der Waals surface area contributed by atoms with Crippen molar-refractivity contribution >= 4 is 69.0 Å². The van der Waals surface area contributed by atoms with Gasteiger partial charge in [-0.2, -0.15) is 18.2 Å². The zero-order valence-electron chi connectivity index (χ0n) is 21.4. The van der Waals surface area contributed by atoms with Crippen molar-refractivity contribution < 1.29 is 20.1 Å². The third-order valence-corrected chi connectivity index (χ3v) is 7.27. The number of anilines is 12. The van der Waals surface area contributed by atoms with Crippen molar-refractivity contribution in [3.05, 3.63) is 127 Å². The molecule has 0 radical (unpaired) electrons. The summed E-state index contributed by atoms with van der Waals surface area (Å²) < 4.78 is 0. The van der Waals surface area contributed by atoms with Crippen LogP contribution in [-0.2, 0) is 20.1 Å².